The first-order valence-electron chi connectivity index (χ1n) is 5.95. The quantitative estimate of drug-likeness (QED) is 0.923. The molecule has 1 aliphatic heterocycles. The molecule has 1 aromatic rings. The molecule has 0 aliphatic carbocycles. The molecule has 0 saturated carbocycles. The van der Waals surface area contributed by atoms with Crippen molar-refractivity contribution >= 4 is 21.9 Å². The Morgan fingerprint density at radius 1 is 1.32 bits per heavy atom. The first kappa shape index (κ1) is 13.8. The van der Waals surface area contributed by atoms with Crippen LogP contribution in [0.5, 0.6) is 0 Å². The number of carboxylic acids is 1. The lowest BCUT2D eigenvalue weighted by molar-refractivity contribution is -0.146. The van der Waals surface area contributed by atoms with E-state index in [9.17, 15) is 18.3 Å². The maximum Gasteiger partial charge on any atom is 0.309 e. The lowest BCUT2D eigenvalue weighted by atomic mass is 9.85. The van der Waals surface area contributed by atoms with Crippen molar-refractivity contribution in [3.63, 3.8) is 0 Å². The first-order valence-corrected chi connectivity index (χ1v) is 7.43. The van der Waals surface area contributed by atoms with Crippen molar-refractivity contribution in [2.24, 2.45) is 5.41 Å². The van der Waals surface area contributed by atoms with Gasteiger partial charge in [-0.3, -0.25) is 4.79 Å². The van der Waals surface area contributed by atoms with Gasteiger partial charge in [-0.25, -0.2) is 8.42 Å². The molecule has 2 rings (SSSR count). The van der Waals surface area contributed by atoms with E-state index >= 15 is 0 Å². The highest BCUT2D eigenvalue weighted by atomic mass is 32.2. The number of allylic oxidation sites excluding steroid dienone is 1. The number of fused-ring (bicyclic) bond motifs is 1. The van der Waals surface area contributed by atoms with Gasteiger partial charge in [-0.2, -0.15) is 0 Å². The average Bonchev–Trinajstić information content (AvgIpc) is 2.50. The van der Waals surface area contributed by atoms with Crippen LogP contribution in [0.2, 0.25) is 0 Å². The van der Waals surface area contributed by atoms with Gasteiger partial charge in [0.05, 0.1) is 10.3 Å². The second kappa shape index (κ2) is 4.20. The lowest BCUT2D eigenvalue weighted by Crippen LogP contribution is -2.27. The van der Waals surface area contributed by atoms with E-state index in [0.29, 0.717) is 16.0 Å². The fourth-order valence-corrected chi connectivity index (χ4v) is 3.72. The van der Waals surface area contributed by atoms with Gasteiger partial charge in [-0.05, 0) is 44.4 Å². The topological polar surface area (TPSA) is 71.4 Å². The number of hydrogen-bond donors (Lipinski definition) is 1. The molecule has 0 aromatic heterocycles. The zero-order valence-corrected chi connectivity index (χ0v) is 11.9. The second-order valence-electron chi connectivity index (χ2n) is 5.46. The van der Waals surface area contributed by atoms with Gasteiger partial charge in [-0.15, -0.1) is 0 Å². The van der Waals surface area contributed by atoms with E-state index in [4.69, 9.17) is 0 Å². The van der Waals surface area contributed by atoms with Crippen LogP contribution in [0.4, 0.5) is 0 Å². The van der Waals surface area contributed by atoms with Crippen LogP contribution in [0.15, 0.2) is 28.0 Å². The molecule has 1 N–H and O–H groups in total. The third-order valence-corrected chi connectivity index (χ3v) is 5.39. The molecule has 1 heterocycles. The predicted molar refractivity (Wildman–Crippen MR) is 72.4 cm³/mol. The highest BCUT2D eigenvalue weighted by Gasteiger charge is 2.34. The molecule has 4 nitrogen and oxygen atoms in total. The summed E-state index contributed by atoms with van der Waals surface area (Å²) in [7, 11) is -3.44. The maximum atomic E-state index is 12.2. The van der Waals surface area contributed by atoms with Crippen molar-refractivity contribution in [2.75, 3.05) is 0 Å². The summed E-state index contributed by atoms with van der Waals surface area (Å²) in [5, 5.41) is 9.17. The molecule has 0 unspecified atom stereocenters. The van der Waals surface area contributed by atoms with Gasteiger partial charge in [0.1, 0.15) is 0 Å². The standard InChI is InChI=1S/C14H16O4S/c1-9-7-10-5-4-6-11(12(10)19(9,17)18)8-14(2,3)13(15)16/h4-7H,8H2,1-3H3,(H,15,16). The Kier molecular flexibility index (Phi) is 3.05. The van der Waals surface area contributed by atoms with Gasteiger partial charge in [-0.1, -0.05) is 18.2 Å². The van der Waals surface area contributed by atoms with Gasteiger partial charge < -0.3 is 5.11 Å². The Labute approximate surface area is 112 Å². The third kappa shape index (κ3) is 2.18. The van der Waals surface area contributed by atoms with Gasteiger partial charge in [0.15, 0.2) is 0 Å². The summed E-state index contributed by atoms with van der Waals surface area (Å²) in [4.78, 5) is 11.8. The molecule has 102 valence electrons. The summed E-state index contributed by atoms with van der Waals surface area (Å²) in [5.74, 6) is -0.940. The molecule has 1 aliphatic rings. The Hall–Kier alpha value is -1.62. The van der Waals surface area contributed by atoms with Crippen molar-refractivity contribution < 1.29 is 18.3 Å². The van der Waals surface area contributed by atoms with E-state index in [2.05, 4.69) is 0 Å². The van der Waals surface area contributed by atoms with Crippen molar-refractivity contribution in [1.82, 2.24) is 0 Å². The van der Waals surface area contributed by atoms with Gasteiger partial charge >= 0.3 is 5.97 Å². The molecule has 5 heteroatoms. The van der Waals surface area contributed by atoms with E-state index in [0.717, 1.165) is 0 Å². The molecule has 0 atom stereocenters. The maximum absolute atomic E-state index is 12.2. The Balaban J connectivity index is 2.55. The van der Waals surface area contributed by atoms with Gasteiger partial charge in [0, 0.05) is 4.91 Å². The number of hydrogen-bond acceptors (Lipinski definition) is 3. The summed E-state index contributed by atoms with van der Waals surface area (Å²) in [6.45, 7) is 4.74. The van der Waals surface area contributed by atoms with E-state index in [1.165, 1.54) is 0 Å². The SMILES string of the molecule is CC1=Cc2cccc(CC(C)(C)C(=O)O)c2S1(=O)=O. The summed E-state index contributed by atoms with van der Waals surface area (Å²) in [6, 6.07) is 5.19. The molecule has 0 amide bonds. The molecule has 0 spiro atoms. The minimum absolute atomic E-state index is 0.186. The monoisotopic (exact) mass is 280 g/mol. The van der Waals surface area contributed by atoms with Crippen LogP contribution in [-0.2, 0) is 21.1 Å². The smallest absolute Gasteiger partial charge is 0.309 e. The molecule has 19 heavy (non-hydrogen) atoms. The normalized spacial score (nSPS) is 16.9. The van der Waals surface area contributed by atoms with Gasteiger partial charge in [0.25, 0.3) is 0 Å². The largest absolute Gasteiger partial charge is 0.481 e. The lowest BCUT2D eigenvalue weighted by Gasteiger charge is -2.20. The van der Waals surface area contributed by atoms with E-state index in [1.54, 1.807) is 45.0 Å². The van der Waals surface area contributed by atoms with Crippen molar-refractivity contribution in [1.29, 1.82) is 0 Å². The summed E-state index contributed by atoms with van der Waals surface area (Å²) in [6.07, 6.45) is 1.81. The number of sulfone groups is 1. The van der Waals surface area contributed by atoms with Crippen LogP contribution < -0.4 is 0 Å². The zero-order valence-electron chi connectivity index (χ0n) is 11.1. The summed E-state index contributed by atoms with van der Waals surface area (Å²) < 4.78 is 24.5. The number of aliphatic carboxylic acids is 1. The molecule has 0 saturated heterocycles. The van der Waals surface area contributed by atoms with Crippen LogP contribution in [0.25, 0.3) is 6.08 Å². The first-order chi connectivity index (χ1) is 8.66. The van der Waals surface area contributed by atoms with Crippen LogP contribution in [0.1, 0.15) is 31.9 Å². The van der Waals surface area contributed by atoms with Crippen molar-refractivity contribution in [2.45, 2.75) is 32.1 Å². The fraction of sp³-hybridized carbons (Fsp3) is 0.357. The van der Waals surface area contributed by atoms with Gasteiger partial charge in [0.2, 0.25) is 9.84 Å². The third-order valence-electron chi connectivity index (χ3n) is 3.39. The van der Waals surface area contributed by atoms with Crippen LogP contribution >= 0.6 is 0 Å². The Bertz CT molecular complexity index is 681. The summed E-state index contributed by atoms with van der Waals surface area (Å²) >= 11 is 0. The molecule has 0 bridgehead atoms. The highest BCUT2D eigenvalue weighted by Crippen LogP contribution is 2.37. The van der Waals surface area contributed by atoms with Crippen LogP contribution in [0.3, 0.4) is 0 Å². The minimum atomic E-state index is -3.44. The molecular weight excluding hydrogens is 264 g/mol. The van der Waals surface area contributed by atoms with Crippen molar-refractivity contribution in [3.8, 4) is 0 Å². The minimum Gasteiger partial charge on any atom is -0.481 e. The number of rotatable bonds is 3. The zero-order chi connectivity index (χ0) is 14.4. The molecule has 1 aromatic carbocycles. The number of carbonyl (C=O) groups is 1. The molecule has 0 radical (unpaired) electrons. The van der Waals surface area contributed by atoms with E-state index < -0.39 is 21.2 Å². The summed E-state index contributed by atoms with van der Waals surface area (Å²) in [5.41, 5.74) is 0.218. The Morgan fingerprint density at radius 3 is 2.53 bits per heavy atom. The van der Waals surface area contributed by atoms with Crippen molar-refractivity contribution in [3.05, 3.63) is 34.2 Å². The Morgan fingerprint density at radius 2 is 1.95 bits per heavy atom. The number of benzene rings is 1. The van der Waals surface area contributed by atoms with Crippen LogP contribution in [0, 0.1) is 5.41 Å². The highest BCUT2D eigenvalue weighted by molar-refractivity contribution is 7.95. The van der Waals surface area contributed by atoms with E-state index in [1.807, 2.05) is 0 Å². The van der Waals surface area contributed by atoms with Crippen LogP contribution in [-0.4, -0.2) is 19.5 Å². The molecular formula is C14H16O4S. The second-order valence-corrected chi connectivity index (χ2v) is 7.52. The van der Waals surface area contributed by atoms with E-state index in [-0.39, 0.29) is 11.3 Å². The fourth-order valence-electron chi connectivity index (χ4n) is 2.19. The number of carboxylic acid groups (broad SMARTS) is 1. The predicted octanol–water partition coefficient (Wildman–Crippen LogP) is 2.49. The molecule has 0 fully saturated rings. The average molecular weight is 280 g/mol.